The number of anilines is 1. The molecule has 2 aromatic heterocycles. The number of carbonyl (C=O) groups excluding carboxylic acids is 1. The minimum atomic E-state index is 0.105. The van der Waals surface area contributed by atoms with E-state index >= 15 is 0 Å². The highest BCUT2D eigenvalue weighted by atomic mass is 32.2. The van der Waals surface area contributed by atoms with Gasteiger partial charge in [0.15, 0.2) is 10.9 Å². The number of thioether (sulfide) groups is 1. The largest absolute Gasteiger partial charge is 0.378 e. The molecule has 1 aliphatic heterocycles. The zero-order chi connectivity index (χ0) is 18.8. The highest BCUT2D eigenvalue weighted by molar-refractivity contribution is 7.99. The topological polar surface area (TPSA) is 76.0 Å². The molecule has 3 heterocycles. The number of benzene rings is 1. The minimum Gasteiger partial charge on any atom is -0.378 e. The summed E-state index contributed by atoms with van der Waals surface area (Å²) < 4.78 is 7.49. The van der Waals surface area contributed by atoms with Crippen LogP contribution in [-0.2, 0) is 11.3 Å². The third-order valence-electron chi connectivity index (χ3n) is 4.81. The zero-order valence-corrected chi connectivity index (χ0v) is 16.4. The molecule has 0 unspecified atom stereocenters. The smallest absolute Gasteiger partial charge is 0.228 e. The molecule has 0 aliphatic carbocycles. The van der Waals surface area contributed by atoms with E-state index in [1.54, 1.807) is 0 Å². The van der Waals surface area contributed by atoms with Gasteiger partial charge in [-0.2, -0.15) is 0 Å². The second kappa shape index (κ2) is 7.74. The number of carbonyl (C=O) groups is 1. The summed E-state index contributed by atoms with van der Waals surface area (Å²) in [6, 6.07) is 7.91. The number of rotatable bonds is 6. The van der Waals surface area contributed by atoms with Crippen LogP contribution in [0.15, 0.2) is 29.4 Å². The molecule has 0 amide bonds. The van der Waals surface area contributed by atoms with Gasteiger partial charge in [-0.15, -0.1) is 10.2 Å². The lowest BCUT2D eigenvalue weighted by molar-refractivity contribution is 0.102. The number of H-pyrrole nitrogens is 1. The molecule has 0 atom stereocenters. The van der Waals surface area contributed by atoms with Crippen molar-refractivity contribution >= 4 is 34.4 Å². The average Bonchev–Trinajstić information content (AvgIpc) is 3.26. The maximum absolute atomic E-state index is 12.9. The summed E-state index contributed by atoms with van der Waals surface area (Å²) in [6.45, 7) is 7.83. The van der Waals surface area contributed by atoms with Gasteiger partial charge in [0.1, 0.15) is 0 Å². The van der Waals surface area contributed by atoms with Gasteiger partial charge in [0.2, 0.25) is 5.95 Å². The summed E-state index contributed by atoms with van der Waals surface area (Å²) in [5.41, 5.74) is 2.68. The van der Waals surface area contributed by atoms with Gasteiger partial charge in [0, 0.05) is 41.8 Å². The first kappa shape index (κ1) is 18.1. The van der Waals surface area contributed by atoms with E-state index in [4.69, 9.17) is 4.74 Å². The van der Waals surface area contributed by atoms with Gasteiger partial charge in [0.25, 0.3) is 0 Å². The molecule has 0 radical (unpaired) electrons. The summed E-state index contributed by atoms with van der Waals surface area (Å²) in [6.07, 6.45) is 0. The van der Waals surface area contributed by atoms with Crippen molar-refractivity contribution in [1.29, 1.82) is 0 Å². The molecule has 1 aliphatic rings. The van der Waals surface area contributed by atoms with Crippen molar-refractivity contribution in [3.8, 4) is 0 Å². The molecule has 7 nitrogen and oxygen atoms in total. The first-order valence-corrected chi connectivity index (χ1v) is 10.2. The van der Waals surface area contributed by atoms with Crippen LogP contribution in [0.25, 0.3) is 10.9 Å². The summed E-state index contributed by atoms with van der Waals surface area (Å²) in [5, 5.41) is 10.5. The predicted octanol–water partition coefficient (Wildman–Crippen LogP) is 2.90. The Balaban J connectivity index is 1.52. The molecule has 4 rings (SSSR count). The van der Waals surface area contributed by atoms with Gasteiger partial charge in [-0.1, -0.05) is 30.0 Å². The van der Waals surface area contributed by atoms with Gasteiger partial charge < -0.3 is 14.6 Å². The Labute approximate surface area is 162 Å². The summed E-state index contributed by atoms with van der Waals surface area (Å²) in [4.78, 5) is 18.4. The second-order valence-corrected chi connectivity index (χ2v) is 7.45. The van der Waals surface area contributed by atoms with Crippen molar-refractivity contribution in [3.05, 3.63) is 35.5 Å². The van der Waals surface area contributed by atoms with E-state index in [-0.39, 0.29) is 5.78 Å². The maximum Gasteiger partial charge on any atom is 0.228 e. The van der Waals surface area contributed by atoms with Crippen molar-refractivity contribution in [2.75, 3.05) is 37.0 Å². The van der Waals surface area contributed by atoms with Gasteiger partial charge >= 0.3 is 0 Å². The second-order valence-electron chi connectivity index (χ2n) is 6.51. The Morgan fingerprint density at radius 3 is 2.81 bits per heavy atom. The van der Waals surface area contributed by atoms with Crippen molar-refractivity contribution in [3.63, 3.8) is 0 Å². The highest BCUT2D eigenvalue weighted by Gasteiger charge is 2.21. The lowest BCUT2D eigenvalue weighted by atomic mass is 10.1. The number of Topliss-reactive ketones (excluding diaryl/α,β-unsaturated/α-hetero) is 1. The van der Waals surface area contributed by atoms with E-state index in [9.17, 15) is 4.79 Å². The number of nitrogens with zero attached hydrogens (tertiary/aromatic N) is 4. The van der Waals surface area contributed by atoms with Crippen LogP contribution in [-0.4, -0.2) is 57.6 Å². The van der Waals surface area contributed by atoms with Crippen LogP contribution in [0.3, 0.4) is 0 Å². The van der Waals surface area contributed by atoms with Gasteiger partial charge in [-0.25, -0.2) is 0 Å². The Morgan fingerprint density at radius 1 is 1.26 bits per heavy atom. The molecule has 8 heteroatoms. The van der Waals surface area contributed by atoms with Crippen LogP contribution in [0.1, 0.15) is 23.0 Å². The zero-order valence-electron chi connectivity index (χ0n) is 15.6. The van der Waals surface area contributed by atoms with E-state index in [0.717, 1.165) is 52.9 Å². The summed E-state index contributed by atoms with van der Waals surface area (Å²) in [5.74, 6) is 1.30. The lowest BCUT2D eigenvalue weighted by Crippen LogP contribution is -2.38. The SMILES string of the molecule is CCn1c(SCC(=O)c2c(C)[nH]c3ccccc23)nnc1N1CCOCC1. The molecule has 1 fully saturated rings. The minimum absolute atomic E-state index is 0.105. The van der Waals surface area contributed by atoms with E-state index in [1.165, 1.54) is 11.8 Å². The normalized spacial score (nSPS) is 14.8. The fraction of sp³-hybridized carbons (Fsp3) is 0.421. The third kappa shape index (κ3) is 3.46. The number of aromatic nitrogens is 4. The number of morpholine rings is 1. The van der Waals surface area contributed by atoms with E-state index in [1.807, 2.05) is 31.2 Å². The fourth-order valence-electron chi connectivity index (χ4n) is 3.50. The lowest BCUT2D eigenvalue weighted by Gasteiger charge is -2.27. The van der Waals surface area contributed by atoms with Crippen molar-refractivity contribution < 1.29 is 9.53 Å². The molecular weight excluding hydrogens is 362 g/mol. The molecule has 1 N–H and O–H groups in total. The molecular formula is C19H23N5O2S. The van der Waals surface area contributed by atoms with Crippen molar-refractivity contribution in [2.45, 2.75) is 25.5 Å². The molecule has 1 aromatic carbocycles. The third-order valence-corrected chi connectivity index (χ3v) is 5.78. The average molecular weight is 385 g/mol. The summed E-state index contributed by atoms with van der Waals surface area (Å²) in [7, 11) is 0. The molecule has 27 heavy (non-hydrogen) atoms. The number of ketones is 1. The number of aryl methyl sites for hydroxylation is 1. The maximum atomic E-state index is 12.9. The fourth-order valence-corrected chi connectivity index (χ4v) is 4.37. The van der Waals surface area contributed by atoms with Crippen molar-refractivity contribution in [1.82, 2.24) is 19.7 Å². The van der Waals surface area contributed by atoms with Gasteiger partial charge in [-0.05, 0) is 19.9 Å². The highest BCUT2D eigenvalue weighted by Crippen LogP contribution is 2.27. The quantitative estimate of drug-likeness (QED) is 0.519. The monoisotopic (exact) mass is 385 g/mol. The van der Waals surface area contributed by atoms with Crippen LogP contribution in [0.4, 0.5) is 5.95 Å². The van der Waals surface area contributed by atoms with E-state index in [0.29, 0.717) is 19.0 Å². The number of nitrogens with one attached hydrogen (secondary N) is 1. The first-order valence-electron chi connectivity index (χ1n) is 9.18. The van der Waals surface area contributed by atoms with Crippen LogP contribution in [0.5, 0.6) is 0 Å². The molecule has 0 bridgehead atoms. The Hall–Kier alpha value is -2.32. The Bertz CT molecular complexity index is 958. The number of hydrogen-bond donors (Lipinski definition) is 1. The predicted molar refractivity (Wildman–Crippen MR) is 107 cm³/mol. The number of fused-ring (bicyclic) bond motifs is 1. The first-order chi connectivity index (χ1) is 13.2. The molecule has 1 saturated heterocycles. The van der Waals surface area contributed by atoms with Crippen molar-refractivity contribution in [2.24, 2.45) is 0 Å². The number of para-hydroxylation sites is 1. The standard InChI is InChI=1S/C19H23N5O2S/c1-3-24-18(23-8-10-26-11-9-23)21-22-19(24)27-12-16(25)17-13(2)20-15-7-5-4-6-14(15)17/h4-7,20H,3,8-12H2,1-2H3. The molecule has 142 valence electrons. The van der Waals surface area contributed by atoms with Crippen LogP contribution in [0.2, 0.25) is 0 Å². The molecule has 0 saturated carbocycles. The molecule has 3 aromatic rings. The number of ether oxygens (including phenoxy) is 1. The van der Waals surface area contributed by atoms with Crippen LogP contribution >= 0.6 is 11.8 Å². The number of aromatic amines is 1. The van der Waals surface area contributed by atoms with Crippen LogP contribution in [0, 0.1) is 6.92 Å². The van der Waals surface area contributed by atoms with E-state index < -0.39 is 0 Å². The Morgan fingerprint density at radius 2 is 2.04 bits per heavy atom. The Kier molecular flexibility index (Phi) is 5.18. The van der Waals surface area contributed by atoms with E-state index in [2.05, 4.69) is 31.6 Å². The summed E-state index contributed by atoms with van der Waals surface area (Å²) >= 11 is 1.45. The van der Waals surface area contributed by atoms with Gasteiger partial charge in [0.05, 0.1) is 19.0 Å². The molecule has 0 spiro atoms. The number of hydrogen-bond acceptors (Lipinski definition) is 6. The van der Waals surface area contributed by atoms with Crippen LogP contribution < -0.4 is 4.90 Å². The van der Waals surface area contributed by atoms with Gasteiger partial charge in [-0.3, -0.25) is 9.36 Å².